The fourth-order valence-corrected chi connectivity index (χ4v) is 4.75. The maximum Gasteiger partial charge on any atom is 0.342 e. The van der Waals surface area contributed by atoms with E-state index in [0.29, 0.717) is 23.0 Å². The number of aromatic nitrogens is 2. The van der Waals surface area contributed by atoms with Gasteiger partial charge in [-0.1, -0.05) is 58.9 Å². The third-order valence-electron chi connectivity index (χ3n) is 4.53. The Balaban J connectivity index is 0.00000269. The number of nitrogens with zero attached hydrogens (tertiary/aromatic N) is 3. The molecule has 0 saturated carbocycles. The molecule has 2 rings (SSSR count). The molecule has 0 aliphatic carbocycles. The van der Waals surface area contributed by atoms with Crippen molar-refractivity contribution >= 4 is 32.1 Å². The second-order valence-corrected chi connectivity index (χ2v) is 10.7. The zero-order valence-corrected chi connectivity index (χ0v) is 25.9. The van der Waals surface area contributed by atoms with Crippen LogP contribution in [0, 0.1) is 0 Å². The van der Waals surface area contributed by atoms with E-state index >= 15 is 0 Å². The molecule has 220 valence electrons. The average molecular weight is 566 g/mol. The van der Waals surface area contributed by atoms with Crippen molar-refractivity contribution in [2.24, 2.45) is 10.7 Å². The lowest BCUT2D eigenvalue weighted by Crippen LogP contribution is -2.37. The van der Waals surface area contributed by atoms with Gasteiger partial charge in [0.05, 0.1) is 30.4 Å². The molecule has 0 saturated heterocycles. The molecule has 0 radical (unpaired) electrons. The molecule has 3 atom stereocenters. The van der Waals surface area contributed by atoms with E-state index in [1.807, 2.05) is 26.8 Å². The van der Waals surface area contributed by atoms with Gasteiger partial charge < -0.3 is 24.3 Å². The zero-order chi connectivity index (χ0) is 30.0. The van der Waals surface area contributed by atoms with Crippen LogP contribution in [0.2, 0.25) is 0 Å². The summed E-state index contributed by atoms with van der Waals surface area (Å²) in [5.41, 5.74) is 5.91. The van der Waals surface area contributed by atoms with E-state index in [4.69, 9.17) is 19.7 Å². The standard InChI is InChI=1S/C23H34N5O5P.C3H8.C2H6/c1-7-25-22(24)21-19(6)28(14-26-21)13-17(4)31-15-34(30,33-20-11-9-8-10-12-20)27-18(5)23(29)32-16(2)3;1-3-2;1-2/h7-12,14,16-18H,6,13,15,24H2,1-5H3,(H,27,30);3H2,1-2H3;1-2H3/b22-21+,25-7-;;/t17-,18+,34+;;/m1../s1. The molecule has 0 aliphatic rings. The number of nitrogens with two attached hydrogens (primary N) is 1. The van der Waals surface area contributed by atoms with Gasteiger partial charge in [0.15, 0.2) is 5.82 Å². The van der Waals surface area contributed by atoms with Crippen molar-refractivity contribution in [3.8, 4) is 5.75 Å². The third kappa shape index (κ3) is 13.6. The number of carbonyl (C=O) groups excluding carboxylic acids is 1. The Morgan fingerprint density at radius 1 is 1.21 bits per heavy atom. The molecule has 1 aromatic heterocycles. The number of hydrogen-bond donors (Lipinski definition) is 2. The quantitative estimate of drug-likeness (QED) is 0.220. The van der Waals surface area contributed by atoms with E-state index in [0.717, 1.165) is 0 Å². The summed E-state index contributed by atoms with van der Waals surface area (Å²) in [5, 5.41) is 3.85. The summed E-state index contributed by atoms with van der Waals surface area (Å²) in [5.74, 6) is 0.129. The minimum absolute atomic E-state index is 0.270. The third-order valence-corrected chi connectivity index (χ3v) is 6.31. The van der Waals surface area contributed by atoms with Gasteiger partial charge in [-0.15, -0.1) is 0 Å². The highest BCUT2D eigenvalue weighted by Gasteiger charge is 2.32. The minimum Gasteiger partial charge on any atom is -0.462 e. The molecule has 3 N–H and O–H groups in total. The van der Waals surface area contributed by atoms with Crippen molar-refractivity contribution in [2.75, 3.05) is 6.35 Å². The largest absolute Gasteiger partial charge is 0.462 e. The Bertz CT molecular complexity index is 1150. The summed E-state index contributed by atoms with van der Waals surface area (Å²) in [6.07, 6.45) is 3.47. The first-order chi connectivity index (χ1) is 18.5. The number of ether oxygens (including phenoxy) is 2. The number of aliphatic imine (C=N–C) groups is 1. The lowest BCUT2D eigenvalue weighted by Gasteiger charge is -2.25. The smallest absolute Gasteiger partial charge is 0.342 e. The minimum atomic E-state index is -3.64. The van der Waals surface area contributed by atoms with Gasteiger partial charge in [0.1, 0.15) is 23.5 Å². The predicted molar refractivity (Wildman–Crippen MR) is 160 cm³/mol. The molecule has 39 heavy (non-hydrogen) atoms. The van der Waals surface area contributed by atoms with E-state index in [9.17, 15) is 9.36 Å². The fourth-order valence-electron chi connectivity index (χ4n) is 2.96. The van der Waals surface area contributed by atoms with Crippen molar-refractivity contribution in [1.29, 1.82) is 0 Å². The first-order valence-electron chi connectivity index (χ1n) is 13.4. The van der Waals surface area contributed by atoms with Crippen molar-refractivity contribution in [1.82, 2.24) is 14.6 Å². The number of imidazole rings is 1. The van der Waals surface area contributed by atoms with Crippen LogP contribution in [0.1, 0.15) is 68.7 Å². The van der Waals surface area contributed by atoms with Crippen molar-refractivity contribution in [3.63, 3.8) is 0 Å². The molecule has 1 aromatic carbocycles. The Labute approximate surface area is 233 Å². The highest BCUT2D eigenvalue weighted by molar-refractivity contribution is 7.57. The maximum atomic E-state index is 13.6. The molecule has 11 heteroatoms. The van der Waals surface area contributed by atoms with Crippen LogP contribution in [0.4, 0.5) is 0 Å². The number of hydrogen-bond acceptors (Lipinski definition) is 8. The lowest BCUT2D eigenvalue weighted by atomic mass is 10.3. The van der Waals surface area contributed by atoms with Crippen molar-refractivity contribution < 1.29 is 23.4 Å². The van der Waals surface area contributed by atoms with Crippen LogP contribution >= 0.6 is 7.52 Å². The van der Waals surface area contributed by atoms with Crippen LogP contribution in [0.25, 0.3) is 12.4 Å². The molecule has 0 unspecified atom stereocenters. The van der Waals surface area contributed by atoms with E-state index < -0.39 is 19.5 Å². The number of para-hydroxylation sites is 1. The van der Waals surface area contributed by atoms with Crippen LogP contribution in [-0.4, -0.2) is 46.3 Å². The second kappa shape index (κ2) is 19.2. The Morgan fingerprint density at radius 2 is 1.79 bits per heavy atom. The highest BCUT2D eigenvalue weighted by atomic mass is 31.2. The zero-order valence-electron chi connectivity index (χ0n) is 25.0. The first kappa shape index (κ1) is 36.1. The Morgan fingerprint density at radius 3 is 2.33 bits per heavy atom. The number of esters is 1. The average Bonchev–Trinajstić information content (AvgIpc) is 3.24. The number of benzene rings is 1. The lowest BCUT2D eigenvalue weighted by molar-refractivity contribution is -0.149. The second-order valence-electron chi connectivity index (χ2n) is 8.69. The summed E-state index contributed by atoms with van der Waals surface area (Å²) in [7, 11) is -3.64. The highest BCUT2D eigenvalue weighted by Crippen LogP contribution is 2.44. The van der Waals surface area contributed by atoms with Crippen LogP contribution in [-0.2, 0) is 25.4 Å². The number of nitrogens with one attached hydrogen (secondary N) is 1. The molecule has 0 aliphatic heterocycles. The molecule has 2 aromatic rings. The van der Waals surface area contributed by atoms with Gasteiger partial charge in [0, 0.05) is 6.21 Å². The molecule has 10 nitrogen and oxygen atoms in total. The van der Waals surface area contributed by atoms with Crippen LogP contribution in [0.3, 0.4) is 0 Å². The van der Waals surface area contributed by atoms with E-state index in [1.54, 1.807) is 69.1 Å². The SMILES string of the molecule is C=c1/c(=C(N)\N=C/C)ncn1C[C@@H](C)OC[P@@](=O)(N[C@@H](C)C(=O)OC(C)C)Oc1ccccc1.CC.CCC. The van der Waals surface area contributed by atoms with Crippen LogP contribution in [0.5, 0.6) is 5.75 Å². The van der Waals surface area contributed by atoms with E-state index in [2.05, 4.69) is 35.5 Å². The van der Waals surface area contributed by atoms with Gasteiger partial charge in [0.25, 0.3) is 0 Å². The summed E-state index contributed by atoms with van der Waals surface area (Å²) >= 11 is 0. The molecule has 0 spiro atoms. The van der Waals surface area contributed by atoms with E-state index in [-0.39, 0.29) is 24.4 Å². The van der Waals surface area contributed by atoms with Crippen LogP contribution in [0.15, 0.2) is 41.7 Å². The molecular formula is C28H48N5O5P. The first-order valence-corrected chi connectivity index (χ1v) is 15.2. The van der Waals surface area contributed by atoms with Crippen molar-refractivity contribution in [3.05, 3.63) is 47.4 Å². The van der Waals surface area contributed by atoms with Gasteiger partial charge in [0.2, 0.25) is 0 Å². The summed E-state index contributed by atoms with van der Waals surface area (Å²) in [6, 6.07) is 7.83. The normalized spacial score (nSPS) is 14.7. The molecule has 0 fully saturated rings. The molecule has 1 heterocycles. The van der Waals surface area contributed by atoms with Gasteiger partial charge in [-0.3, -0.25) is 9.36 Å². The van der Waals surface area contributed by atoms with Crippen LogP contribution < -0.4 is 26.0 Å². The topological polar surface area (TPSA) is 130 Å². The van der Waals surface area contributed by atoms with Gasteiger partial charge in [-0.25, -0.2) is 15.1 Å². The summed E-state index contributed by atoms with van der Waals surface area (Å²) in [6.45, 7) is 21.3. The maximum absolute atomic E-state index is 13.6. The predicted octanol–water partition coefficient (Wildman–Crippen LogP) is 4.42. The molecular weight excluding hydrogens is 517 g/mol. The van der Waals surface area contributed by atoms with Crippen molar-refractivity contribution in [2.45, 2.75) is 93.5 Å². The van der Waals surface area contributed by atoms with E-state index in [1.165, 1.54) is 6.42 Å². The summed E-state index contributed by atoms with van der Waals surface area (Å²) < 4.78 is 32.2. The number of carbonyl (C=O) groups is 1. The molecule has 0 bridgehead atoms. The number of rotatable bonds is 12. The van der Waals surface area contributed by atoms with Gasteiger partial charge >= 0.3 is 13.5 Å². The Hall–Kier alpha value is -2.94. The summed E-state index contributed by atoms with van der Waals surface area (Å²) in [4.78, 5) is 20.6. The van der Waals surface area contributed by atoms with Gasteiger partial charge in [-0.05, 0) is 46.8 Å². The van der Waals surface area contributed by atoms with Gasteiger partial charge in [-0.2, -0.15) is 0 Å². The Kier molecular flexibility index (Phi) is 17.7. The molecule has 0 amide bonds. The fraction of sp³-hybridized carbons (Fsp3) is 0.536. The monoisotopic (exact) mass is 565 g/mol.